The van der Waals surface area contributed by atoms with Crippen LogP contribution in [0.15, 0.2) is 12.1 Å². The smallest absolute Gasteiger partial charge is 0.163 e. The van der Waals surface area contributed by atoms with E-state index in [-0.39, 0.29) is 23.7 Å². The van der Waals surface area contributed by atoms with Gasteiger partial charge in [0.1, 0.15) is 11.6 Å². The molecule has 0 aliphatic rings. The number of hydrogen-bond acceptors (Lipinski definition) is 4. The third-order valence-corrected chi connectivity index (χ3v) is 3.17. The first-order chi connectivity index (χ1) is 9.49. The van der Waals surface area contributed by atoms with Gasteiger partial charge in [-0.05, 0) is 32.0 Å². The van der Waals surface area contributed by atoms with Crippen LogP contribution in [0.3, 0.4) is 0 Å². The number of carbonyl (C=O) groups is 1. The number of phenolic OH excluding ortho intramolecular Hbond substituents is 1. The summed E-state index contributed by atoms with van der Waals surface area (Å²) < 4.78 is 13.5. The van der Waals surface area contributed by atoms with E-state index in [0.29, 0.717) is 18.7 Å². The Labute approximate surface area is 118 Å². The van der Waals surface area contributed by atoms with Gasteiger partial charge in [0.15, 0.2) is 5.78 Å². The second-order valence-electron chi connectivity index (χ2n) is 4.87. The molecule has 4 nitrogen and oxygen atoms in total. The van der Waals surface area contributed by atoms with Crippen LogP contribution in [0, 0.1) is 5.82 Å². The highest BCUT2D eigenvalue weighted by Gasteiger charge is 2.16. The molecule has 20 heavy (non-hydrogen) atoms. The number of rotatable bonds is 8. The number of aliphatic hydroxyl groups is 1. The largest absolute Gasteiger partial charge is 0.507 e. The number of carbonyl (C=O) groups excluding carboxylic acids is 1. The zero-order chi connectivity index (χ0) is 15.1. The van der Waals surface area contributed by atoms with Crippen molar-refractivity contribution < 1.29 is 19.4 Å². The van der Waals surface area contributed by atoms with E-state index in [1.165, 1.54) is 13.0 Å². The van der Waals surface area contributed by atoms with E-state index in [1.54, 1.807) is 0 Å². The molecule has 1 aromatic rings. The predicted molar refractivity (Wildman–Crippen MR) is 75.3 cm³/mol. The third-order valence-electron chi connectivity index (χ3n) is 3.17. The lowest BCUT2D eigenvalue weighted by atomic mass is 10.0. The fourth-order valence-corrected chi connectivity index (χ4v) is 2.08. The molecule has 0 radical (unpaired) electrons. The maximum atomic E-state index is 13.5. The fraction of sp³-hybridized carbons (Fsp3) is 0.533. The quantitative estimate of drug-likeness (QED) is 0.719. The summed E-state index contributed by atoms with van der Waals surface area (Å²) in [5.41, 5.74) is 0.374. The third kappa shape index (κ3) is 4.58. The van der Waals surface area contributed by atoms with Crippen molar-refractivity contribution in [2.45, 2.75) is 33.2 Å². The minimum absolute atomic E-state index is 0.000519. The van der Waals surface area contributed by atoms with E-state index >= 15 is 0 Å². The second-order valence-corrected chi connectivity index (χ2v) is 4.87. The van der Waals surface area contributed by atoms with Crippen LogP contribution in [0.4, 0.5) is 4.39 Å². The molecule has 0 bridgehead atoms. The summed E-state index contributed by atoms with van der Waals surface area (Å²) in [7, 11) is 0. The van der Waals surface area contributed by atoms with Gasteiger partial charge in [0.25, 0.3) is 0 Å². The van der Waals surface area contributed by atoms with Crippen LogP contribution in [0.25, 0.3) is 0 Å². The molecule has 0 atom stereocenters. The molecule has 1 aromatic carbocycles. The molecule has 5 heteroatoms. The maximum absolute atomic E-state index is 13.5. The lowest BCUT2D eigenvalue weighted by Crippen LogP contribution is -2.27. The number of aliphatic hydroxyl groups excluding tert-OH is 1. The first-order valence-corrected chi connectivity index (χ1v) is 6.85. The first kappa shape index (κ1) is 16.6. The Morgan fingerprint density at radius 1 is 1.35 bits per heavy atom. The van der Waals surface area contributed by atoms with Crippen molar-refractivity contribution >= 4 is 5.78 Å². The average molecular weight is 283 g/mol. The van der Waals surface area contributed by atoms with Gasteiger partial charge in [-0.25, -0.2) is 4.39 Å². The average Bonchev–Trinajstić information content (AvgIpc) is 2.39. The summed E-state index contributed by atoms with van der Waals surface area (Å²) >= 11 is 0. The summed E-state index contributed by atoms with van der Waals surface area (Å²) in [5.74, 6) is -1.08. The highest BCUT2D eigenvalue weighted by atomic mass is 19.1. The molecule has 0 saturated heterocycles. The van der Waals surface area contributed by atoms with E-state index in [0.717, 1.165) is 25.5 Å². The first-order valence-electron chi connectivity index (χ1n) is 6.85. The van der Waals surface area contributed by atoms with Crippen molar-refractivity contribution in [2.24, 2.45) is 0 Å². The van der Waals surface area contributed by atoms with Crippen LogP contribution in [-0.4, -0.2) is 40.6 Å². The monoisotopic (exact) mass is 283 g/mol. The van der Waals surface area contributed by atoms with Gasteiger partial charge in [-0.1, -0.05) is 13.3 Å². The number of aromatic hydroxyl groups is 1. The summed E-state index contributed by atoms with van der Waals surface area (Å²) in [4.78, 5) is 13.3. The Morgan fingerprint density at radius 2 is 2.05 bits per heavy atom. The topological polar surface area (TPSA) is 60.8 Å². The number of phenols is 1. The van der Waals surface area contributed by atoms with E-state index < -0.39 is 5.82 Å². The standard InChI is InChI=1S/C15H22FNO3/c1-3-4-5-17(6-7-18)10-12-8-13(16)9-14(11(2)19)15(12)20/h8-9,18,20H,3-7,10H2,1-2H3. The number of Topliss-reactive ketones (excluding diaryl/α,β-unsaturated/α-hetero) is 1. The Balaban J connectivity index is 2.96. The van der Waals surface area contributed by atoms with Crippen molar-refractivity contribution in [2.75, 3.05) is 19.7 Å². The fourth-order valence-electron chi connectivity index (χ4n) is 2.08. The molecule has 0 aliphatic heterocycles. The Kier molecular flexibility index (Phi) is 6.61. The molecule has 1 rings (SSSR count). The van der Waals surface area contributed by atoms with Gasteiger partial charge in [0.05, 0.1) is 12.2 Å². The molecule has 0 amide bonds. The highest BCUT2D eigenvalue weighted by molar-refractivity contribution is 5.97. The number of benzene rings is 1. The molecule has 0 aromatic heterocycles. The molecule has 2 N–H and O–H groups in total. The number of nitrogens with zero attached hydrogens (tertiary/aromatic N) is 1. The van der Waals surface area contributed by atoms with Gasteiger partial charge in [-0.2, -0.15) is 0 Å². The summed E-state index contributed by atoms with van der Waals surface area (Å²) in [5, 5.41) is 19.1. The van der Waals surface area contributed by atoms with E-state index in [2.05, 4.69) is 6.92 Å². The van der Waals surface area contributed by atoms with Gasteiger partial charge in [0.2, 0.25) is 0 Å². The van der Waals surface area contributed by atoms with Crippen LogP contribution >= 0.6 is 0 Å². The Morgan fingerprint density at radius 3 is 2.60 bits per heavy atom. The van der Waals surface area contributed by atoms with E-state index in [1.807, 2.05) is 4.90 Å². The normalized spacial score (nSPS) is 11.1. The molecular weight excluding hydrogens is 261 g/mol. The summed E-state index contributed by atoms with van der Waals surface area (Å²) in [6, 6.07) is 2.28. The van der Waals surface area contributed by atoms with Gasteiger partial charge >= 0.3 is 0 Å². The number of unbranched alkanes of at least 4 members (excludes halogenated alkanes) is 1. The highest BCUT2D eigenvalue weighted by Crippen LogP contribution is 2.26. The minimum atomic E-state index is -0.539. The molecule has 112 valence electrons. The number of hydrogen-bond donors (Lipinski definition) is 2. The van der Waals surface area contributed by atoms with Crippen LogP contribution in [0.1, 0.15) is 42.6 Å². The SMILES string of the molecule is CCCCN(CCO)Cc1cc(F)cc(C(C)=O)c1O. The van der Waals surface area contributed by atoms with Crippen LogP contribution in [0.5, 0.6) is 5.75 Å². The molecule has 0 unspecified atom stereocenters. The summed E-state index contributed by atoms with van der Waals surface area (Å²) in [6.45, 7) is 4.86. The van der Waals surface area contributed by atoms with Gasteiger partial charge in [0, 0.05) is 18.7 Å². The predicted octanol–water partition coefficient (Wildman–Crippen LogP) is 2.33. The Hall–Kier alpha value is -1.46. The van der Waals surface area contributed by atoms with Crippen molar-refractivity contribution in [3.05, 3.63) is 29.1 Å². The molecule has 0 fully saturated rings. The van der Waals surface area contributed by atoms with E-state index in [9.17, 15) is 14.3 Å². The van der Waals surface area contributed by atoms with Crippen molar-refractivity contribution in [3.63, 3.8) is 0 Å². The Bertz CT molecular complexity index is 463. The zero-order valence-electron chi connectivity index (χ0n) is 12.0. The number of halogens is 1. The van der Waals surface area contributed by atoms with Gasteiger partial charge < -0.3 is 10.2 Å². The molecule has 0 saturated carbocycles. The van der Waals surface area contributed by atoms with E-state index in [4.69, 9.17) is 5.11 Å². The molecule has 0 aliphatic carbocycles. The minimum Gasteiger partial charge on any atom is -0.507 e. The molecule has 0 spiro atoms. The molecule has 0 heterocycles. The van der Waals surface area contributed by atoms with Gasteiger partial charge in [-0.15, -0.1) is 0 Å². The van der Waals surface area contributed by atoms with Crippen LogP contribution in [-0.2, 0) is 6.54 Å². The molecular formula is C15H22FNO3. The lowest BCUT2D eigenvalue weighted by molar-refractivity contribution is 0.101. The van der Waals surface area contributed by atoms with Crippen LogP contribution < -0.4 is 0 Å². The summed E-state index contributed by atoms with van der Waals surface area (Å²) in [6.07, 6.45) is 1.96. The lowest BCUT2D eigenvalue weighted by Gasteiger charge is -2.22. The van der Waals surface area contributed by atoms with Crippen LogP contribution in [0.2, 0.25) is 0 Å². The van der Waals surface area contributed by atoms with Crippen molar-refractivity contribution in [3.8, 4) is 5.75 Å². The second kappa shape index (κ2) is 7.97. The van der Waals surface area contributed by atoms with Crippen molar-refractivity contribution in [1.29, 1.82) is 0 Å². The van der Waals surface area contributed by atoms with Gasteiger partial charge in [-0.3, -0.25) is 9.69 Å². The number of ketones is 1. The van der Waals surface area contributed by atoms with Crippen molar-refractivity contribution in [1.82, 2.24) is 4.90 Å². The zero-order valence-corrected chi connectivity index (χ0v) is 12.0. The maximum Gasteiger partial charge on any atom is 0.163 e.